The average Bonchev–Trinajstić information content (AvgIpc) is 3.15. The zero-order chi connectivity index (χ0) is 20.5. The molecule has 1 N–H and O–H groups in total. The van der Waals surface area contributed by atoms with E-state index in [0.29, 0.717) is 28.4 Å². The van der Waals surface area contributed by atoms with Crippen molar-refractivity contribution in [2.45, 2.75) is 26.3 Å². The first-order valence-corrected chi connectivity index (χ1v) is 9.37. The Balaban J connectivity index is 1.63. The van der Waals surface area contributed by atoms with Crippen molar-refractivity contribution in [3.8, 4) is 5.75 Å². The predicted octanol–water partition coefficient (Wildman–Crippen LogP) is 4.60. The highest BCUT2D eigenvalue weighted by Gasteiger charge is 2.16. The Hall–Kier alpha value is -3.54. The van der Waals surface area contributed by atoms with Crippen LogP contribution in [-0.2, 0) is 6.54 Å². The summed E-state index contributed by atoms with van der Waals surface area (Å²) in [5, 5.41) is 4.41. The number of hydrogen-bond acceptors (Lipinski definition) is 5. The van der Waals surface area contributed by atoms with Crippen LogP contribution in [0.3, 0.4) is 0 Å². The monoisotopic (exact) mass is 391 g/mol. The highest BCUT2D eigenvalue weighted by Crippen LogP contribution is 2.28. The molecule has 0 aliphatic rings. The van der Waals surface area contributed by atoms with E-state index in [1.54, 1.807) is 25.3 Å². The van der Waals surface area contributed by atoms with E-state index in [-0.39, 0.29) is 18.2 Å². The van der Waals surface area contributed by atoms with E-state index >= 15 is 0 Å². The second-order valence-corrected chi connectivity index (χ2v) is 7.17. The summed E-state index contributed by atoms with van der Waals surface area (Å²) in [6.07, 6.45) is 0. The topological polar surface area (TPSA) is 81.7 Å². The first-order chi connectivity index (χ1) is 14.0. The van der Waals surface area contributed by atoms with Gasteiger partial charge in [-0.25, -0.2) is 4.79 Å². The van der Waals surface area contributed by atoms with Gasteiger partial charge < -0.3 is 18.9 Å². The van der Waals surface area contributed by atoms with E-state index in [1.165, 1.54) is 6.07 Å². The molecule has 2 aromatic carbocycles. The third kappa shape index (κ3) is 3.61. The summed E-state index contributed by atoms with van der Waals surface area (Å²) in [4.78, 5) is 24.6. The average molecular weight is 391 g/mol. The molecule has 0 bridgehead atoms. The second kappa shape index (κ2) is 7.47. The number of benzene rings is 2. The molecule has 2 heterocycles. The molecule has 29 heavy (non-hydrogen) atoms. The van der Waals surface area contributed by atoms with E-state index in [9.17, 15) is 9.59 Å². The van der Waals surface area contributed by atoms with Gasteiger partial charge in [0.05, 0.1) is 7.11 Å². The van der Waals surface area contributed by atoms with Gasteiger partial charge in [-0.05, 0) is 41.3 Å². The highest BCUT2D eigenvalue weighted by molar-refractivity contribution is 5.97. The molecule has 0 unspecified atom stereocenters. The van der Waals surface area contributed by atoms with Crippen molar-refractivity contribution in [2.24, 2.45) is 0 Å². The number of nitrogens with one attached hydrogen (secondary N) is 1. The van der Waals surface area contributed by atoms with E-state index < -0.39 is 5.63 Å². The lowest BCUT2D eigenvalue weighted by molar-refractivity contribution is 0.0925. The third-order valence-electron chi connectivity index (χ3n) is 4.91. The number of hydrogen-bond donors (Lipinski definition) is 1. The Bertz CT molecular complexity index is 1270. The number of rotatable bonds is 5. The molecule has 6 nitrogen and oxygen atoms in total. The minimum atomic E-state index is -0.451. The zero-order valence-electron chi connectivity index (χ0n) is 16.4. The Morgan fingerprint density at radius 2 is 1.93 bits per heavy atom. The summed E-state index contributed by atoms with van der Waals surface area (Å²) in [6.45, 7) is 4.37. The number of ether oxygens (including phenoxy) is 1. The molecule has 4 rings (SSSR count). The van der Waals surface area contributed by atoms with E-state index in [1.807, 2.05) is 24.3 Å². The number of furan rings is 1. The molecule has 2 aromatic heterocycles. The quantitative estimate of drug-likeness (QED) is 0.503. The van der Waals surface area contributed by atoms with Crippen LogP contribution in [0.15, 0.2) is 62.2 Å². The molecular formula is C23H21NO5. The van der Waals surface area contributed by atoms with Crippen LogP contribution < -0.4 is 15.7 Å². The van der Waals surface area contributed by atoms with Crippen molar-refractivity contribution in [2.75, 3.05) is 7.11 Å². The van der Waals surface area contributed by atoms with Crippen LogP contribution in [0.2, 0.25) is 0 Å². The van der Waals surface area contributed by atoms with E-state index in [0.717, 1.165) is 16.3 Å². The lowest BCUT2D eigenvalue weighted by Gasteiger charge is -2.10. The summed E-state index contributed by atoms with van der Waals surface area (Å²) >= 11 is 0. The van der Waals surface area contributed by atoms with Crippen molar-refractivity contribution in [1.29, 1.82) is 0 Å². The summed E-state index contributed by atoms with van der Waals surface area (Å²) in [6, 6.07) is 14.3. The Morgan fingerprint density at radius 1 is 1.10 bits per heavy atom. The molecule has 0 fully saturated rings. The summed E-state index contributed by atoms with van der Waals surface area (Å²) in [7, 11) is 1.55. The van der Waals surface area contributed by atoms with Gasteiger partial charge in [0.25, 0.3) is 5.91 Å². The second-order valence-electron chi connectivity index (χ2n) is 7.17. The summed E-state index contributed by atoms with van der Waals surface area (Å²) in [5.74, 6) is 0.707. The number of para-hydroxylation sites is 1. The maximum absolute atomic E-state index is 12.6. The SMILES string of the molecule is COc1cccc2cc(C(=O)NCc3cc(=O)oc4ccc(C(C)C)cc34)oc12. The zero-order valence-corrected chi connectivity index (χ0v) is 16.4. The summed E-state index contributed by atoms with van der Waals surface area (Å²) < 4.78 is 16.2. The molecule has 0 saturated carbocycles. The predicted molar refractivity (Wildman–Crippen MR) is 111 cm³/mol. The van der Waals surface area contributed by atoms with Crippen LogP contribution in [0, 0.1) is 0 Å². The van der Waals surface area contributed by atoms with Crippen molar-refractivity contribution in [3.63, 3.8) is 0 Å². The number of amides is 1. The van der Waals surface area contributed by atoms with Crippen LogP contribution in [0.5, 0.6) is 5.75 Å². The van der Waals surface area contributed by atoms with Gasteiger partial charge in [0.2, 0.25) is 0 Å². The normalized spacial score (nSPS) is 11.3. The van der Waals surface area contributed by atoms with Gasteiger partial charge in [-0.1, -0.05) is 32.0 Å². The van der Waals surface area contributed by atoms with Crippen LogP contribution in [0.4, 0.5) is 0 Å². The number of methoxy groups -OCH3 is 1. The molecule has 6 heteroatoms. The van der Waals surface area contributed by atoms with Gasteiger partial charge in [0.1, 0.15) is 5.58 Å². The van der Waals surface area contributed by atoms with Crippen molar-refractivity contribution in [3.05, 3.63) is 75.8 Å². The molecule has 0 radical (unpaired) electrons. The van der Waals surface area contributed by atoms with E-state index in [2.05, 4.69) is 19.2 Å². The minimum absolute atomic E-state index is 0.177. The van der Waals surface area contributed by atoms with Gasteiger partial charge in [0, 0.05) is 23.4 Å². The molecule has 4 aromatic rings. The summed E-state index contributed by atoms with van der Waals surface area (Å²) in [5.41, 5.74) is 2.39. The highest BCUT2D eigenvalue weighted by atomic mass is 16.5. The van der Waals surface area contributed by atoms with Crippen LogP contribution in [0.25, 0.3) is 21.9 Å². The van der Waals surface area contributed by atoms with Gasteiger partial charge >= 0.3 is 5.63 Å². The van der Waals surface area contributed by atoms with Crippen LogP contribution >= 0.6 is 0 Å². The number of carbonyl (C=O) groups excluding carboxylic acids is 1. The molecule has 0 saturated heterocycles. The molecule has 0 atom stereocenters. The maximum Gasteiger partial charge on any atom is 0.336 e. The van der Waals surface area contributed by atoms with Crippen LogP contribution in [-0.4, -0.2) is 13.0 Å². The van der Waals surface area contributed by atoms with Crippen molar-refractivity contribution in [1.82, 2.24) is 5.32 Å². The molecule has 0 aliphatic heterocycles. The van der Waals surface area contributed by atoms with Gasteiger partial charge in [0.15, 0.2) is 17.1 Å². The van der Waals surface area contributed by atoms with Gasteiger partial charge in [-0.15, -0.1) is 0 Å². The molecule has 0 aliphatic carbocycles. The minimum Gasteiger partial charge on any atom is -0.493 e. The standard InChI is InChI=1S/C23H21NO5/c1-13(2)14-7-8-18-17(9-14)16(11-21(25)28-18)12-24-23(26)20-10-15-5-4-6-19(27-3)22(15)29-20/h4-11,13H,12H2,1-3H3,(H,24,26). The van der Waals surface area contributed by atoms with E-state index in [4.69, 9.17) is 13.6 Å². The fourth-order valence-electron chi connectivity index (χ4n) is 3.32. The lowest BCUT2D eigenvalue weighted by Crippen LogP contribution is -2.23. The largest absolute Gasteiger partial charge is 0.493 e. The first-order valence-electron chi connectivity index (χ1n) is 9.37. The molecule has 0 spiro atoms. The molecule has 1 amide bonds. The van der Waals surface area contributed by atoms with Gasteiger partial charge in [-0.3, -0.25) is 4.79 Å². The fraction of sp³-hybridized carbons (Fsp3) is 0.217. The molecular weight excluding hydrogens is 370 g/mol. The third-order valence-corrected chi connectivity index (χ3v) is 4.91. The van der Waals surface area contributed by atoms with Gasteiger partial charge in [-0.2, -0.15) is 0 Å². The smallest absolute Gasteiger partial charge is 0.336 e. The number of fused-ring (bicyclic) bond motifs is 2. The fourth-order valence-corrected chi connectivity index (χ4v) is 3.32. The van der Waals surface area contributed by atoms with Crippen molar-refractivity contribution < 1.29 is 18.4 Å². The van der Waals surface area contributed by atoms with Crippen molar-refractivity contribution >= 4 is 27.8 Å². The maximum atomic E-state index is 12.6. The lowest BCUT2D eigenvalue weighted by atomic mass is 9.99. The van der Waals surface area contributed by atoms with Crippen LogP contribution in [0.1, 0.15) is 41.4 Å². The Kier molecular flexibility index (Phi) is 4.84. The molecule has 148 valence electrons. The Morgan fingerprint density at radius 3 is 2.69 bits per heavy atom. The Labute approximate surface area is 167 Å². The number of carbonyl (C=O) groups is 1. The first kappa shape index (κ1) is 18.8.